The molecule has 0 radical (unpaired) electrons. The number of hydrogen-bond donors (Lipinski definition) is 0. The third kappa shape index (κ3) is 2.71. The maximum atomic E-state index is 2.75. The summed E-state index contributed by atoms with van der Waals surface area (Å²) in [6.45, 7) is 10.7. The van der Waals surface area contributed by atoms with Crippen LogP contribution in [0.5, 0.6) is 0 Å². The Balaban J connectivity index is 1.86. The van der Waals surface area contributed by atoms with Crippen molar-refractivity contribution in [2.24, 2.45) is 5.92 Å². The number of rotatable bonds is 2. The Morgan fingerprint density at radius 3 is 2.75 bits per heavy atom. The van der Waals surface area contributed by atoms with Crippen molar-refractivity contribution < 1.29 is 0 Å². The highest BCUT2D eigenvalue weighted by molar-refractivity contribution is 5.50. The highest BCUT2D eigenvalue weighted by atomic mass is 15.3. The van der Waals surface area contributed by atoms with Crippen molar-refractivity contribution in [2.75, 3.05) is 24.5 Å². The summed E-state index contributed by atoms with van der Waals surface area (Å²) in [5.41, 5.74) is 2.80. The summed E-state index contributed by atoms with van der Waals surface area (Å²) in [5.74, 6) is 0.707. The molecule has 110 valence electrons. The van der Waals surface area contributed by atoms with Crippen LogP contribution in [-0.2, 0) is 0 Å². The second kappa shape index (κ2) is 5.77. The lowest BCUT2D eigenvalue weighted by Crippen LogP contribution is -2.61. The first-order valence-corrected chi connectivity index (χ1v) is 8.22. The maximum absolute atomic E-state index is 2.75. The van der Waals surface area contributed by atoms with Gasteiger partial charge in [-0.3, -0.25) is 4.90 Å². The van der Waals surface area contributed by atoms with Gasteiger partial charge in [0.05, 0.1) is 0 Å². The summed E-state index contributed by atoms with van der Waals surface area (Å²) >= 11 is 0. The van der Waals surface area contributed by atoms with E-state index in [2.05, 4.69) is 54.8 Å². The average molecular weight is 272 g/mol. The van der Waals surface area contributed by atoms with Crippen molar-refractivity contribution in [1.82, 2.24) is 4.90 Å². The van der Waals surface area contributed by atoms with E-state index in [1.807, 2.05) is 0 Å². The van der Waals surface area contributed by atoms with E-state index in [0.717, 1.165) is 6.04 Å². The summed E-state index contributed by atoms with van der Waals surface area (Å²) in [7, 11) is 0. The van der Waals surface area contributed by atoms with Crippen LogP contribution in [0.1, 0.15) is 38.7 Å². The van der Waals surface area contributed by atoms with E-state index in [0.29, 0.717) is 12.0 Å². The van der Waals surface area contributed by atoms with Crippen LogP contribution in [0.25, 0.3) is 0 Å². The van der Waals surface area contributed by atoms with Crippen LogP contribution < -0.4 is 4.90 Å². The molecule has 2 heteroatoms. The molecular weight excluding hydrogens is 244 g/mol. The molecule has 0 aliphatic carbocycles. The zero-order valence-corrected chi connectivity index (χ0v) is 13.2. The minimum atomic E-state index is 0.658. The predicted octanol–water partition coefficient (Wildman–Crippen LogP) is 3.69. The number of benzene rings is 1. The first-order valence-electron chi connectivity index (χ1n) is 8.22. The topological polar surface area (TPSA) is 6.48 Å². The highest BCUT2D eigenvalue weighted by Crippen LogP contribution is 2.31. The van der Waals surface area contributed by atoms with Crippen molar-refractivity contribution >= 4 is 5.69 Å². The summed E-state index contributed by atoms with van der Waals surface area (Å²) in [6, 6.07) is 10.5. The second-order valence-electron chi connectivity index (χ2n) is 6.95. The Labute approximate surface area is 123 Å². The largest absolute Gasteiger partial charge is 0.365 e. The number of anilines is 1. The fraction of sp³-hybridized carbons (Fsp3) is 0.667. The van der Waals surface area contributed by atoms with E-state index in [1.165, 1.54) is 50.1 Å². The van der Waals surface area contributed by atoms with Crippen LogP contribution in [0.3, 0.4) is 0 Å². The van der Waals surface area contributed by atoms with Gasteiger partial charge in [0.2, 0.25) is 0 Å². The number of piperidine rings is 1. The Kier molecular flexibility index (Phi) is 4.02. The van der Waals surface area contributed by atoms with Gasteiger partial charge in [0, 0.05) is 30.9 Å². The smallest absolute Gasteiger partial charge is 0.0440 e. The van der Waals surface area contributed by atoms with Gasteiger partial charge in [-0.2, -0.15) is 0 Å². The van der Waals surface area contributed by atoms with E-state index in [-0.39, 0.29) is 0 Å². The fourth-order valence-corrected chi connectivity index (χ4v) is 3.88. The van der Waals surface area contributed by atoms with Crippen LogP contribution in [0.4, 0.5) is 5.69 Å². The summed E-state index contributed by atoms with van der Waals surface area (Å²) in [5, 5.41) is 0. The quantitative estimate of drug-likeness (QED) is 0.810. The third-order valence-corrected chi connectivity index (χ3v) is 5.08. The average Bonchev–Trinajstić information content (AvgIpc) is 2.46. The van der Waals surface area contributed by atoms with E-state index < -0.39 is 0 Å². The van der Waals surface area contributed by atoms with Gasteiger partial charge in [-0.1, -0.05) is 32.4 Å². The van der Waals surface area contributed by atoms with Gasteiger partial charge in [-0.05, 0) is 49.9 Å². The molecule has 2 atom stereocenters. The molecule has 2 unspecified atom stereocenters. The molecule has 1 aromatic carbocycles. The molecule has 0 amide bonds. The van der Waals surface area contributed by atoms with Crippen LogP contribution in [0.15, 0.2) is 24.3 Å². The van der Waals surface area contributed by atoms with Crippen molar-refractivity contribution in [3.05, 3.63) is 29.8 Å². The lowest BCUT2D eigenvalue weighted by molar-refractivity contribution is 0.100. The molecule has 2 heterocycles. The molecule has 20 heavy (non-hydrogen) atoms. The van der Waals surface area contributed by atoms with Crippen molar-refractivity contribution in [3.63, 3.8) is 0 Å². The SMILES string of the molecule is Cc1cccc(N2CC3CCCCN3CC2C(C)C)c1. The van der Waals surface area contributed by atoms with Gasteiger partial charge in [-0.15, -0.1) is 0 Å². The minimum absolute atomic E-state index is 0.658. The standard InChI is InChI=1S/C18H28N2/c1-14(2)18-13-19-10-5-4-8-17(19)12-20(18)16-9-6-7-15(3)11-16/h6-7,9,11,14,17-18H,4-5,8,10,12-13H2,1-3H3. The molecule has 0 saturated carbocycles. The van der Waals surface area contributed by atoms with Gasteiger partial charge in [-0.25, -0.2) is 0 Å². The predicted molar refractivity (Wildman–Crippen MR) is 86.4 cm³/mol. The number of nitrogens with zero attached hydrogens (tertiary/aromatic N) is 2. The Morgan fingerprint density at radius 1 is 1.15 bits per heavy atom. The molecule has 0 spiro atoms. The lowest BCUT2D eigenvalue weighted by Gasteiger charge is -2.50. The van der Waals surface area contributed by atoms with Gasteiger partial charge in [0.15, 0.2) is 0 Å². The van der Waals surface area contributed by atoms with Crippen molar-refractivity contribution in [3.8, 4) is 0 Å². The Bertz CT molecular complexity index is 454. The van der Waals surface area contributed by atoms with Crippen LogP contribution in [0.2, 0.25) is 0 Å². The van der Waals surface area contributed by atoms with E-state index >= 15 is 0 Å². The second-order valence-corrected chi connectivity index (χ2v) is 6.95. The number of piperazine rings is 1. The van der Waals surface area contributed by atoms with E-state index in [4.69, 9.17) is 0 Å². The van der Waals surface area contributed by atoms with Gasteiger partial charge < -0.3 is 4.90 Å². The molecule has 2 aliphatic heterocycles. The summed E-state index contributed by atoms with van der Waals surface area (Å²) in [6.07, 6.45) is 4.19. The molecule has 3 rings (SSSR count). The van der Waals surface area contributed by atoms with Crippen molar-refractivity contribution in [1.29, 1.82) is 0 Å². The Morgan fingerprint density at radius 2 is 2.00 bits per heavy atom. The molecular formula is C18H28N2. The summed E-state index contributed by atoms with van der Waals surface area (Å²) < 4.78 is 0. The van der Waals surface area contributed by atoms with Crippen LogP contribution >= 0.6 is 0 Å². The zero-order chi connectivity index (χ0) is 14.1. The molecule has 1 aromatic rings. The molecule has 2 fully saturated rings. The number of aryl methyl sites for hydroxylation is 1. The molecule has 2 saturated heterocycles. The maximum Gasteiger partial charge on any atom is 0.0440 e. The Hall–Kier alpha value is -1.02. The number of fused-ring (bicyclic) bond motifs is 1. The molecule has 0 N–H and O–H groups in total. The fourth-order valence-electron chi connectivity index (χ4n) is 3.88. The van der Waals surface area contributed by atoms with Crippen LogP contribution in [-0.4, -0.2) is 36.6 Å². The van der Waals surface area contributed by atoms with Crippen LogP contribution in [0, 0.1) is 12.8 Å². The monoisotopic (exact) mass is 272 g/mol. The van der Waals surface area contributed by atoms with Crippen molar-refractivity contribution in [2.45, 2.75) is 52.1 Å². The number of hydrogen-bond acceptors (Lipinski definition) is 2. The van der Waals surface area contributed by atoms with Gasteiger partial charge in [0.1, 0.15) is 0 Å². The minimum Gasteiger partial charge on any atom is -0.365 e. The normalized spacial score (nSPS) is 27.7. The first kappa shape index (κ1) is 13.9. The van der Waals surface area contributed by atoms with E-state index in [1.54, 1.807) is 0 Å². The highest BCUT2D eigenvalue weighted by Gasteiger charge is 2.36. The molecule has 0 bridgehead atoms. The first-order chi connectivity index (χ1) is 9.65. The molecule has 2 aliphatic rings. The summed E-state index contributed by atoms with van der Waals surface area (Å²) in [4.78, 5) is 5.44. The molecule has 2 nitrogen and oxygen atoms in total. The third-order valence-electron chi connectivity index (χ3n) is 5.08. The zero-order valence-electron chi connectivity index (χ0n) is 13.2. The lowest BCUT2D eigenvalue weighted by atomic mass is 9.91. The van der Waals surface area contributed by atoms with Gasteiger partial charge >= 0.3 is 0 Å². The van der Waals surface area contributed by atoms with Gasteiger partial charge in [0.25, 0.3) is 0 Å². The molecule has 0 aromatic heterocycles. The van der Waals surface area contributed by atoms with E-state index in [9.17, 15) is 0 Å².